The first-order valence-electron chi connectivity index (χ1n) is 4.93. The Bertz CT molecular complexity index is 258. The van der Waals surface area contributed by atoms with E-state index in [2.05, 4.69) is 5.32 Å². The Morgan fingerprint density at radius 2 is 2.00 bits per heavy atom. The van der Waals surface area contributed by atoms with E-state index in [0.29, 0.717) is 0 Å². The third-order valence-electron chi connectivity index (χ3n) is 3.02. The molecule has 0 bridgehead atoms. The number of nitrogens with one attached hydrogen (secondary N) is 1. The number of hydrogen-bond acceptors (Lipinski definition) is 2. The van der Waals surface area contributed by atoms with Crippen LogP contribution < -0.4 is 5.32 Å². The Morgan fingerprint density at radius 3 is 2.69 bits per heavy atom. The second-order valence-corrected chi connectivity index (χ2v) is 3.89. The minimum absolute atomic E-state index is 0.336. The molecule has 3 heteroatoms. The highest BCUT2D eigenvalue weighted by molar-refractivity contribution is 5.74. The molecule has 2 rings (SSSR count). The minimum atomic E-state index is -0.711. The molecule has 3 nitrogen and oxygen atoms in total. The molecule has 1 aliphatic heterocycles. The van der Waals surface area contributed by atoms with Crippen molar-refractivity contribution in [3.8, 4) is 0 Å². The molecule has 0 saturated heterocycles. The second kappa shape index (κ2) is 3.50. The zero-order valence-electron chi connectivity index (χ0n) is 7.68. The van der Waals surface area contributed by atoms with Gasteiger partial charge in [0.05, 0.1) is 0 Å². The predicted octanol–water partition coefficient (Wildman–Crippen LogP) is 1.30. The number of rotatable bonds is 1. The van der Waals surface area contributed by atoms with Gasteiger partial charge in [-0.2, -0.15) is 0 Å². The molecule has 0 aromatic rings. The van der Waals surface area contributed by atoms with E-state index in [0.717, 1.165) is 19.4 Å². The smallest absolute Gasteiger partial charge is 0.321 e. The van der Waals surface area contributed by atoms with Gasteiger partial charge in [-0.3, -0.25) is 4.79 Å². The van der Waals surface area contributed by atoms with Crippen LogP contribution in [0.3, 0.4) is 0 Å². The summed E-state index contributed by atoms with van der Waals surface area (Å²) in [7, 11) is 0. The molecule has 1 aliphatic carbocycles. The fourth-order valence-electron chi connectivity index (χ4n) is 2.23. The Morgan fingerprint density at radius 1 is 1.31 bits per heavy atom. The average molecular weight is 181 g/mol. The summed E-state index contributed by atoms with van der Waals surface area (Å²) in [6, 6.07) is -0.336. The van der Waals surface area contributed by atoms with Gasteiger partial charge in [-0.25, -0.2) is 0 Å². The van der Waals surface area contributed by atoms with E-state index in [-0.39, 0.29) is 6.04 Å². The molecule has 0 fully saturated rings. The molecule has 72 valence electrons. The SMILES string of the molecule is O=C(O)C1CC2=C(CCCC2)CN1. The summed E-state index contributed by atoms with van der Waals surface area (Å²) in [6.45, 7) is 0.798. The second-order valence-electron chi connectivity index (χ2n) is 3.89. The van der Waals surface area contributed by atoms with Gasteiger partial charge in [0.1, 0.15) is 6.04 Å². The summed E-state index contributed by atoms with van der Waals surface area (Å²) in [5, 5.41) is 11.9. The van der Waals surface area contributed by atoms with E-state index in [4.69, 9.17) is 5.11 Å². The molecular weight excluding hydrogens is 166 g/mol. The van der Waals surface area contributed by atoms with E-state index in [1.165, 1.54) is 30.4 Å². The maximum atomic E-state index is 10.7. The zero-order chi connectivity index (χ0) is 9.26. The summed E-state index contributed by atoms with van der Waals surface area (Å²) in [5.41, 5.74) is 2.89. The van der Waals surface area contributed by atoms with Crippen molar-refractivity contribution in [2.24, 2.45) is 0 Å². The lowest BCUT2D eigenvalue weighted by Gasteiger charge is -2.29. The summed E-state index contributed by atoms with van der Waals surface area (Å²) in [6.07, 6.45) is 5.55. The van der Waals surface area contributed by atoms with Gasteiger partial charge < -0.3 is 10.4 Å². The molecule has 0 radical (unpaired) electrons. The van der Waals surface area contributed by atoms with Crippen molar-refractivity contribution >= 4 is 5.97 Å². The molecule has 0 aromatic heterocycles. The molecule has 1 heterocycles. The fraction of sp³-hybridized carbons (Fsp3) is 0.700. The lowest BCUT2D eigenvalue weighted by molar-refractivity contribution is -0.139. The van der Waals surface area contributed by atoms with Gasteiger partial charge in [0.15, 0.2) is 0 Å². The average Bonchev–Trinajstić information content (AvgIpc) is 2.17. The van der Waals surface area contributed by atoms with Crippen LogP contribution in [0.4, 0.5) is 0 Å². The maximum absolute atomic E-state index is 10.7. The van der Waals surface area contributed by atoms with Gasteiger partial charge in [0.2, 0.25) is 0 Å². The van der Waals surface area contributed by atoms with Gasteiger partial charge in [-0.1, -0.05) is 11.1 Å². The maximum Gasteiger partial charge on any atom is 0.321 e. The van der Waals surface area contributed by atoms with Gasteiger partial charge in [0.25, 0.3) is 0 Å². The van der Waals surface area contributed by atoms with Crippen molar-refractivity contribution in [3.05, 3.63) is 11.1 Å². The largest absolute Gasteiger partial charge is 0.480 e. The van der Waals surface area contributed by atoms with Crippen LogP contribution in [0.5, 0.6) is 0 Å². The van der Waals surface area contributed by atoms with Crippen molar-refractivity contribution in [3.63, 3.8) is 0 Å². The first-order valence-corrected chi connectivity index (χ1v) is 4.93. The normalized spacial score (nSPS) is 28.5. The van der Waals surface area contributed by atoms with Crippen LogP contribution in [0.1, 0.15) is 32.1 Å². The van der Waals surface area contributed by atoms with Crippen molar-refractivity contribution in [1.29, 1.82) is 0 Å². The number of aliphatic carboxylic acids is 1. The molecular formula is C10H15NO2. The molecule has 0 spiro atoms. The quantitative estimate of drug-likeness (QED) is 0.599. The summed E-state index contributed by atoms with van der Waals surface area (Å²) in [4.78, 5) is 10.7. The van der Waals surface area contributed by atoms with Crippen LogP contribution in [0.25, 0.3) is 0 Å². The topological polar surface area (TPSA) is 49.3 Å². The molecule has 2 aliphatic rings. The van der Waals surface area contributed by atoms with Crippen LogP contribution >= 0.6 is 0 Å². The van der Waals surface area contributed by atoms with Gasteiger partial charge in [0, 0.05) is 6.54 Å². The minimum Gasteiger partial charge on any atom is -0.480 e. The van der Waals surface area contributed by atoms with E-state index >= 15 is 0 Å². The van der Waals surface area contributed by atoms with Crippen molar-refractivity contribution in [2.45, 2.75) is 38.1 Å². The molecule has 2 N–H and O–H groups in total. The van der Waals surface area contributed by atoms with E-state index in [9.17, 15) is 4.79 Å². The van der Waals surface area contributed by atoms with Crippen LogP contribution in [0.2, 0.25) is 0 Å². The highest BCUT2D eigenvalue weighted by atomic mass is 16.4. The van der Waals surface area contributed by atoms with E-state index in [1.807, 2.05) is 0 Å². The van der Waals surface area contributed by atoms with E-state index in [1.54, 1.807) is 0 Å². The molecule has 1 unspecified atom stereocenters. The third kappa shape index (κ3) is 1.75. The van der Waals surface area contributed by atoms with Crippen LogP contribution in [0.15, 0.2) is 11.1 Å². The third-order valence-corrected chi connectivity index (χ3v) is 3.02. The molecule has 13 heavy (non-hydrogen) atoms. The first-order chi connectivity index (χ1) is 6.27. The highest BCUT2D eigenvalue weighted by Crippen LogP contribution is 2.30. The Hall–Kier alpha value is -0.830. The number of carboxylic acids is 1. The van der Waals surface area contributed by atoms with Crippen molar-refractivity contribution in [1.82, 2.24) is 5.32 Å². The standard InChI is InChI=1S/C10H15NO2/c12-10(13)9-5-7-3-1-2-4-8(7)6-11-9/h9,11H,1-6H2,(H,12,13). The molecule has 1 atom stereocenters. The van der Waals surface area contributed by atoms with Gasteiger partial charge >= 0.3 is 5.97 Å². The first kappa shape index (κ1) is 8.75. The highest BCUT2D eigenvalue weighted by Gasteiger charge is 2.26. The van der Waals surface area contributed by atoms with Crippen molar-refractivity contribution in [2.75, 3.05) is 6.54 Å². The van der Waals surface area contributed by atoms with E-state index < -0.39 is 5.97 Å². The summed E-state index contributed by atoms with van der Waals surface area (Å²) >= 11 is 0. The summed E-state index contributed by atoms with van der Waals surface area (Å²) in [5.74, 6) is -0.711. The molecule has 0 amide bonds. The number of carboxylic acid groups (broad SMARTS) is 1. The zero-order valence-corrected chi connectivity index (χ0v) is 7.68. The monoisotopic (exact) mass is 181 g/mol. The van der Waals surface area contributed by atoms with Crippen LogP contribution in [0, 0.1) is 0 Å². The Balaban J connectivity index is 2.09. The Kier molecular flexibility index (Phi) is 2.36. The lowest BCUT2D eigenvalue weighted by atomic mass is 9.85. The number of hydrogen-bond donors (Lipinski definition) is 2. The molecule has 0 saturated carbocycles. The Labute approximate surface area is 77.8 Å². The van der Waals surface area contributed by atoms with Gasteiger partial charge in [-0.15, -0.1) is 0 Å². The van der Waals surface area contributed by atoms with Gasteiger partial charge in [-0.05, 0) is 32.1 Å². The summed E-state index contributed by atoms with van der Waals surface area (Å²) < 4.78 is 0. The number of carbonyl (C=O) groups is 1. The van der Waals surface area contributed by atoms with Crippen LogP contribution in [-0.2, 0) is 4.79 Å². The molecule has 0 aromatic carbocycles. The predicted molar refractivity (Wildman–Crippen MR) is 49.5 cm³/mol. The lowest BCUT2D eigenvalue weighted by Crippen LogP contribution is -2.42. The fourth-order valence-corrected chi connectivity index (χ4v) is 2.23. The van der Waals surface area contributed by atoms with Crippen molar-refractivity contribution < 1.29 is 9.90 Å². The van der Waals surface area contributed by atoms with Crippen LogP contribution in [-0.4, -0.2) is 23.7 Å².